The van der Waals surface area contributed by atoms with Crippen LogP contribution in [0.5, 0.6) is 0 Å². The summed E-state index contributed by atoms with van der Waals surface area (Å²) >= 11 is 1.08. The SMILES string of the molecule is CC(C)(C)c1ccc2c(c1)[cH-]c1cc(C(C)(C)C)ccc12.Cl.Cl.[C-]1=CC=CC1.[Hf+2]=[C](c1ccccc1)c1ccccc1. The van der Waals surface area contributed by atoms with Crippen LogP contribution in [0, 0.1) is 6.08 Å². The molecule has 42 heavy (non-hydrogen) atoms. The van der Waals surface area contributed by atoms with Crippen molar-refractivity contribution in [3.63, 3.8) is 0 Å². The molecular formula is C39H42Cl2Hf. The zero-order valence-electron chi connectivity index (χ0n) is 25.6. The quantitative estimate of drug-likeness (QED) is 0.124. The van der Waals surface area contributed by atoms with Gasteiger partial charge in [0, 0.05) is 0 Å². The number of benzene rings is 4. The summed E-state index contributed by atoms with van der Waals surface area (Å²) in [4.78, 5) is 0. The molecule has 0 radical (unpaired) electrons. The Kier molecular flexibility index (Phi) is 13.5. The molecule has 0 N–H and O–H groups in total. The van der Waals surface area contributed by atoms with Crippen LogP contribution in [0.1, 0.15) is 70.2 Å². The van der Waals surface area contributed by atoms with E-state index < -0.39 is 0 Å². The molecule has 3 heteroatoms. The summed E-state index contributed by atoms with van der Waals surface area (Å²) in [5, 5.41) is 5.48. The van der Waals surface area contributed by atoms with Gasteiger partial charge >= 0.3 is 98.9 Å². The second kappa shape index (κ2) is 15.9. The standard InChI is InChI=1S/C21H25.C13H10.C5H5.2ClH.Hf/c1-20(2,3)16-7-9-18-14(12-16)11-15-13-17(21(4,5)6)8-10-19(15)18;1-3-7-12(8-4-1)11-13-9-5-2-6-10-13;1-2-4-5-3-1;;;/h7-13H,1-6H3;1-10H;1-3H,4H2;2*1H;/q-1;;-1;;;+2. The van der Waals surface area contributed by atoms with Gasteiger partial charge in [-0.3, -0.25) is 6.08 Å². The van der Waals surface area contributed by atoms with Crippen LogP contribution in [0.15, 0.2) is 121 Å². The van der Waals surface area contributed by atoms with E-state index in [0.29, 0.717) is 0 Å². The molecule has 0 aliphatic heterocycles. The van der Waals surface area contributed by atoms with E-state index in [1.807, 2.05) is 12.2 Å². The number of fused-ring (bicyclic) bond motifs is 3. The van der Waals surface area contributed by atoms with Gasteiger partial charge in [-0.15, -0.1) is 71.0 Å². The van der Waals surface area contributed by atoms with Crippen molar-refractivity contribution in [2.45, 2.75) is 58.8 Å². The summed E-state index contributed by atoms with van der Waals surface area (Å²) in [6, 6.07) is 37.4. The van der Waals surface area contributed by atoms with Gasteiger partial charge in [0.05, 0.1) is 0 Å². The van der Waals surface area contributed by atoms with Gasteiger partial charge in [-0.25, -0.2) is 12.2 Å². The van der Waals surface area contributed by atoms with Crippen LogP contribution in [-0.2, 0) is 34.7 Å². The Morgan fingerprint density at radius 1 is 0.643 bits per heavy atom. The number of halogens is 2. The first-order valence-corrected chi connectivity index (χ1v) is 15.9. The normalized spacial score (nSPS) is 12.0. The monoisotopic (exact) mass is 760 g/mol. The fraction of sp³-hybridized carbons (Fsp3) is 0.231. The summed E-state index contributed by atoms with van der Waals surface area (Å²) in [6.07, 6.45) is 10.0. The molecule has 1 aliphatic rings. The molecule has 1 aliphatic carbocycles. The molecule has 0 spiro atoms. The molecule has 0 nitrogen and oxygen atoms in total. The first kappa shape index (κ1) is 35.7. The summed E-state index contributed by atoms with van der Waals surface area (Å²) in [5.74, 6) is 0. The Balaban J connectivity index is 0.000000253. The van der Waals surface area contributed by atoms with Gasteiger partial charge in [0.2, 0.25) is 0 Å². The van der Waals surface area contributed by atoms with E-state index >= 15 is 0 Å². The number of hydrogen-bond donors (Lipinski definition) is 0. The maximum absolute atomic E-state index is 2.99. The van der Waals surface area contributed by atoms with Crippen molar-refractivity contribution in [1.82, 2.24) is 0 Å². The van der Waals surface area contributed by atoms with Crippen LogP contribution in [0.4, 0.5) is 0 Å². The van der Waals surface area contributed by atoms with Crippen molar-refractivity contribution >= 4 is 49.6 Å². The average Bonchev–Trinajstić information content (AvgIpc) is 3.64. The van der Waals surface area contributed by atoms with Gasteiger partial charge in [-0.05, 0) is 10.8 Å². The van der Waals surface area contributed by atoms with Crippen molar-refractivity contribution in [3.8, 4) is 0 Å². The molecule has 0 saturated heterocycles. The first-order valence-electron chi connectivity index (χ1n) is 14.1. The molecule has 0 heterocycles. The molecule has 0 amide bonds. The van der Waals surface area contributed by atoms with Crippen molar-refractivity contribution in [2.75, 3.05) is 0 Å². The van der Waals surface area contributed by atoms with Crippen LogP contribution in [0.2, 0.25) is 0 Å². The summed E-state index contributed by atoms with van der Waals surface area (Å²) < 4.78 is 1.46. The molecule has 6 rings (SSSR count). The number of allylic oxidation sites excluding steroid dienone is 4. The second-order valence-electron chi connectivity index (χ2n) is 12.4. The van der Waals surface area contributed by atoms with Gasteiger partial charge in [-0.1, -0.05) is 76.9 Å². The van der Waals surface area contributed by atoms with E-state index in [0.717, 1.165) is 30.3 Å². The van der Waals surface area contributed by atoms with Gasteiger partial charge < -0.3 is 0 Å². The molecule has 0 bridgehead atoms. The van der Waals surface area contributed by atoms with E-state index in [4.69, 9.17) is 0 Å². The van der Waals surface area contributed by atoms with E-state index in [9.17, 15) is 0 Å². The molecule has 0 fully saturated rings. The van der Waals surface area contributed by atoms with Crippen molar-refractivity contribution in [3.05, 3.63) is 150 Å². The summed E-state index contributed by atoms with van der Waals surface area (Å²) in [7, 11) is 0. The minimum atomic E-state index is 0. The van der Waals surface area contributed by atoms with E-state index in [1.54, 1.807) is 0 Å². The van der Waals surface area contributed by atoms with Gasteiger partial charge in [0.1, 0.15) is 0 Å². The Bertz CT molecular complexity index is 1510. The van der Waals surface area contributed by atoms with Crippen LogP contribution in [0.3, 0.4) is 0 Å². The fourth-order valence-corrected chi connectivity index (χ4v) is 5.87. The molecule has 5 aromatic rings. The number of hydrogen-bond acceptors (Lipinski definition) is 0. The second-order valence-corrected chi connectivity index (χ2v) is 14.2. The predicted octanol–water partition coefficient (Wildman–Crippen LogP) is 11.3. The Morgan fingerprint density at radius 3 is 1.38 bits per heavy atom. The maximum atomic E-state index is 2.99. The van der Waals surface area contributed by atoms with Gasteiger partial charge in [-0.2, -0.15) is 6.08 Å². The summed E-state index contributed by atoms with van der Waals surface area (Å²) in [6.45, 7) is 13.6. The third-order valence-corrected chi connectivity index (χ3v) is 9.22. The van der Waals surface area contributed by atoms with Crippen LogP contribution < -0.4 is 0 Å². The third-order valence-electron chi connectivity index (χ3n) is 7.15. The fourth-order valence-electron chi connectivity index (χ4n) is 4.67. The van der Waals surface area contributed by atoms with Crippen LogP contribution >= 0.6 is 24.8 Å². The van der Waals surface area contributed by atoms with E-state index in [1.165, 1.54) is 47.1 Å². The molecule has 0 saturated carbocycles. The van der Waals surface area contributed by atoms with Crippen molar-refractivity contribution in [1.29, 1.82) is 0 Å². The average molecular weight is 760 g/mol. The predicted molar refractivity (Wildman–Crippen MR) is 187 cm³/mol. The van der Waals surface area contributed by atoms with E-state index in [-0.39, 0.29) is 35.6 Å². The first-order chi connectivity index (χ1) is 19.0. The van der Waals surface area contributed by atoms with Gasteiger partial charge in [0.15, 0.2) is 0 Å². The third kappa shape index (κ3) is 9.53. The molecule has 0 aromatic heterocycles. The topological polar surface area (TPSA) is 0 Å². The summed E-state index contributed by atoms with van der Waals surface area (Å²) in [5.41, 5.74) is 5.92. The van der Waals surface area contributed by atoms with Crippen LogP contribution in [0.25, 0.3) is 21.5 Å². The molecule has 216 valence electrons. The Morgan fingerprint density at radius 2 is 1.07 bits per heavy atom. The minimum absolute atomic E-state index is 0. The van der Waals surface area contributed by atoms with Crippen molar-refractivity contribution < 1.29 is 23.9 Å². The van der Waals surface area contributed by atoms with E-state index in [2.05, 4.69) is 157 Å². The van der Waals surface area contributed by atoms with Gasteiger partial charge in [0.25, 0.3) is 0 Å². The molecule has 5 aromatic carbocycles. The Labute approximate surface area is 280 Å². The molecule has 0 unspecified atom stereocenters. The number of rotatable bonds is 2. The van der Waals surface area contributed by atoms with Crippen LogP contribution in [-0.4, -0.2) is 3.26 Å². The zero-order chi connectivity index (χ0) is 28.8. The Hall–Kier alpha value is -2.45. The molecular weight excluding hydrogens is 718 g/mol. The van der Waals surface area contributed by atoms with Crippen molar-refractivity contribution in [2.24, 2.45) is 0 Å². The zero-order valence-corrected chi connectivity index (χ0v) is 30.8. The molecule has 0 atom stereocenters.